The van der Waals surface area contributed by atoms with Gasteiger partial charge in [-0.25, -0.2) is 0 Å². The highest BCUT2D eigenvalue weighted by Gasteiger charge is 2.29. The van der Waals surface area contributed by atoms with E-state index in [0.29, 0.717) is 6.54 Å². The van der Waals surface area contributed by atoms with Gasteiger partial charge in [0.2, 0.25) is 0 Å². The highest BCUT2D eigenvalue weighted by atomic mass is 16.5. The molecule has 0 amide bonds. The second-order valence-corrected chi connectivity index (χ2v) is 5.44. The van der Waals surface area contributed by atoms with Crippen molar-refractivity contribution in [3.63, 3.8) is 0 Å². The van der Waals surface area contributed by atoms with Crippen molar-refractivity contribution in [3.05, 3.63) is 29.3 Å². The maximum Gasteiger partial charge on any atom is 0.123 e. The molecule has 17 heavy (non-hydrogen) atoms. The summed E-state index contributed by atoms with van der Waals surface area (Å²) in [6.07, 6.45) is 0.972. The number of aliphatic hydroxyl groups excluding tert-OH is 1. The van der Waals surface area contributed by atoms with E-state index in [1.807, 2.05) is 7.05 Å². The minimum atomic E-state index is -0.0715. The summed E-state index contributed by atoms with van der Waals surface area (Å²) in [5, 5.41) is 8.88. The van der Waals surface area contributed by atoms with Gasteiger partial charge < -0.3 is 9.84 Å². The minimum absolute atomic E-state index is 0.0715. The summed E-state index contributed by atoms with van der Waals surface area (Å²) >= 11 is 0. The van der Waals surface area contributed by atoms with Crippen LogP contribution in [0.5, 0.6) is 5.75 Å². The zero-order chi connectivity index (χ0) is 12.5. The van der Waals surface area contributed by atoms with E-state index in [1.54, 1.807) is 0 Å². The summed E-state index contributed by atoms with van der Waals surface area (Å²) < 4.78 is 5.85. The van der Waals surface area contributed by atoms with Crippen molar-refractivity contribution in [1.29, 1.82) is 0 Å². The third-order valence-electron chi connectivity index (χ3n) is 3.06. The molecule has 3 heteroatoms. The predicted molar refractivity (Wildman–Crippen MR) is 68.3 cm³/mol. The van der Waals surface area contributed by atoms with Crippen LogP contribution < -0.4 is 4.74 Å². The molecule has 3 nitrogen and oxygen atoms in total. The van der Waals surface area contributed by atoms with Crippen molar-refractivity contribution in [2.24, 2.45) is 0 Å². The molecule has 0 aliphatic carbocycles. The van der Waals surface area contributed by atoms with Crippen molar-refractivity contribution in [3.8, 4) is 5.75 Å². The van der Waals surface area contributed by atoms with E-state index in [1.165, 1.54) is 11.1 Å². The monoisotopic (exact) mass is 235 g/mol. The van der Waals surface area contributed by atoms with E-state index < -0.39 is 0 Å². The molecule has 0 unspecified atom stereocenters. The molecule has 0 fully saturated rings. The van der Waals surface area contributed by atoms with Gasteiger partial charge in [0.1, 0.15) is 11.4 Å². The Morgan fingerprint density at radius 3 is 2.88 bits per heavy atom. The van der Waals surface area contributed by atoms with Crippen molar-refractivity contribution in [2.45, 2.75) is 32.4 Å². The number of hydrogen-bond acceptors (Lipinski definition) is 3. The first kappa shape index (κ1) is 12.4. The summed E-state index contributed by atoms with van der Waals surface area (Å²) in [6, 6.07) is 6.39. The minimum Gasteiger partial charge on any atom is -0.487 e. The molecular weight excluding hydrogens is 214 g/mol. The molecule has 2 rings (SSSR count). The number of fused-ring (bicyclic) bond motifs is 1. The van der Waals surface area contributed by atoms with Crippen molar-refractivity contribution in [1.82, 2.24) is 4.90 Å². The van der Waals surface area contributed by atoms with Crippen molar-refractivity contribution >= 4 is 0 Å². The van der Waals surface area contributed by atoms with Crippen LogP contribution in [-0.2, 0) is 13.0 Å². The Morgan fingerprint density at radius 1 is 1.41 bits per heavy atom. The van der Waals surface area contributed by atoms with Crippen LogP contribution in [0.2, 0.25) is 0 Å². The van der Waals surface area contributed by atoms with Gasteiger partial charge >= 0.3 is 0 Å². The highest BCUT2D eigenvalue weighted by Crippen LogP contribution is 2.35. The number of benzene rings is 1. The fourth-order valence-electron chi connectivity index (χ4n) is 2.32. The normalized spacial score (nSPS) is 17.0. The molecule has 94 valence electrons. The number of ether oxygens (including phenoxy) is 1. The molecule has 0 spiro atoms. The van der Waals surface area contributed by atoms with Crippen LogP contribution in [0.4, 0.5) is 0 Å². The van der Waals surface area contributed by atoms with Crippen molar-refractivity contribution in [2.75, 3.05) is 20.2 Å². The average molecular weight is 235 g/mol. The Labute approximate surface area is 103 Å². The van der Waals surface area contributed by atoms with Gasteiger partial charge in [-0.3, -0.25) is 4.90 Å². The number of rotatable bonds is 4. The van der Waals surface area contributed by atoms with E-state index in [9.17, 15) is 0 Å². The van der Waals surface area contributed by atoms with Crippen LogP contribution in [0.3, 0.4) is 0 Å². The van der Waals surface area contributed by atoms with Gasteiger partial charge in [0, 0.05) is 19.5 Å². The zero-order valence-electron chi connectivity index (χ0n) is 10.9. The maximum atomic E-state index is 8.88. The molecule has 0 saturated carbocycles. The Hall–Kier alpha value is -1.06. The van der Waals surface area contributed by atoms with Gasteiger partial charge in [-0.2, -0.15) is 0 Å². The molecule has 0 atom stereocenters. The highest BCUT2D eigenvalue weighted by molar-refractivity contribution is 5.41. The summed E-state index contributed by atoms with van der Waals surface area (Å²) in [5.74, 6) is 1.02. The Bertz CT molecular complexity index is 401. The fraction of sp³-hybridized carbons (Fsp3) is 0.571. The van der Waals surface area contributed by atoms with Gasteiger partial charge in [-0.05, 0) is 38.1 Å². The second-order valence-electron chi connectivity index (χ2n) is 5.44. The predicted octanol–water partition coefficient (Wildman–Crippen LogP) is 1.82. The first-order chi connectivity index (χ1) is 8.00. The smallest absolute Gasteiger partial charge is 0.123 e. The molecule has 1 heterocycles. The van der Waals surface area contributed by atoms with Crippen LogP contribution in [0, 0.1) is 0 Å². The van der Waals surface area contributed by atoms with E-state index in [-0.39, 0.29) is 12.2 Å². The molecule has 1 aromatic carbocycles. The first-order valence-corrected chi connectivity index (χ1v) is 6.10. The third kappa shape index (κ3) is 2.99. The second kappa shape index (κ2) is 4.67. The van der Waals surface area contributed by atoms with Gasteiger partial charge in [0.15, 0.2) is 0 Å². The van der Waals surface area contributed by atoms with Gasteiger partial charge in [0.25, 0.3) is 0 Å². The summed E-state index contributed by atoms with van der Waals surface area (Å²) in [6.45, 7) is 6.01. The van der Waals surface area contributed by atoms with Gasteiger partial charge in [0.05, 0.1) is 6.61 Å². The SMILES string of the molecule is CN(CCO)Cc1ccc2c(c1)CC(C)(C)O2. The molecule has 0 radical (unpaired) electrons. The van der Waals surface area contributed by atoms with Crippen LogP contribution in [0.1, 0.15) is 25.0 Å². The Morgan fingerprint density at radius 2 is 2.18 bits per heavy atom. The topological polar surface area (TPSA) is 32.7 Å². The maximum absolute atomic E-state index is 8.88. The number of hydrogen-bond donors (Lipinski definition) is 1. The van der Waals surface area contributed by atoms with Crippen LogP contribution >= 0.6 is 0 Å². The van der Waals surface area contributed by atoms with Crippen LogP contribution in [-0.4, -0.2) is 35.8 Å². The summed E-state index contributed by atoms with van der Waals surface area (Å²) in [4.78, 5) is 2.11. The van der Waals surface area contributed by atoms with E-state index in [0.717, 1.165) is 18.7 Å². The van der Waals surface area contributed by atoms with Crippen LogP contribution in [0.25, 0.3) is 0 Å². The lowest BCUT2D eigenvalue weighted by Gasteiger charge is -2.16. The largest absolute Gasteiger partial charge is 0.487 e. The lowest BCUT2D eigenvalue weighted by Crippen LogP contribution is -2.24. The third-order valence-corrected chi connectivity index (χ3v) is 3.06. The molecular formula is C14H21NO2. The average Bonchev–Trinajstić information content (AvgIpc) is 2.51. The Balaban J connectivity index is 2.08. The molecule has 1 N–H and O–H groups in total. The van der Waals surface area contributed by atoms with E-state index in [4.69, 9.17) is 9.84 Å². The number of likely N-dealkylation sites (N-methyl/N-ethyl adjacent to an activating group) is 1. The lowest BCUT2D eigenvalue weighted by molar-refractivity contribution is 0.138. The van der Waals surface area contributed by atoms with E-state index in [2.05, 4.69) is 36.9 Å². The molecule has 0 saturated heterocycles. The van der Waals surface area contributed by atoms with Gasteiger partial charge in [-0.15, -0.1) is 0 Å². The summed E-state index contributed by atoms with van der Waals surface area (Å²) in [5.41, 5.74) is 2.50. The number of aliphatic hydroxyl groups is 1. The molecule has 1 aliphatic rings. The molecule has 1 aliphatic heterocycles. The van der Waals surface area contributed by atoms with E-state index >= 15 is 0 Å². The van der Waals surface area contributed by atoms with Crippen molar-refractivity contribution < 1.29 is 9.84 Å². The fourth-order valence-corrected chi connectivity index (χ4v) is 2.32. The first-order valence-electron chi connectivity index (χ1n) is 6.10. The molecule has 0 aromatic heterocycles. The lowest BCUT2D eigenvalue weighted by atomic mass is 10.00. The zero-order valence-corrected chi connectivity index (χ0v) is 10.9. The summed E-state index contributed by atoms with van der Waals surface area (Å²) in [7, 11) is 2.02. The molecule has 1 aromatic rings. The molecule has 0 bridgehead atoms. The quantitative estimate of drug-likeness (QED) is 0.864. The Kier molecular flexibility index (Phi) is 3.40. The number of nitrogens with zero attached hydrogens (tertiary/aromatic N) is 1. The standard InChI is InChI=1S/C14H21NO2/c1-14(2)9-12-8-11(4-5-13(12)17-14)10-15(3)6-7-16/h4-5,8,16H,6-7,9-10H2,1-3H3. The van der Waals surface area contributed by atoms with Gasteiger partial charge in [-0.1, -0.05) is 12.1 Å². The van der Waals surface area contributed by atoms with Crippen LogP contribution in [0.15, 0.2) is 18.2 Å².